The van der Waals surface area contributed by atoms with Gasteiger partial charge in [-0.1, -0.05) is 135 Å². The number of Topliss-reactive ketones (excluding diaryl/α,β-unsaturated/α-hetero) is 1. The first-order chi connectivity index (χ1) is 18.6. The number of ether oxygens (including phenoxy) is 1. The van der Waals surface area contributed by atoms with Crippen LogP contribution in [0.1, 0.15) is 172 Å². The van der Waals surface area contributed by atoms with E-state index in [0.717, 1.165) is 17.9 Å². The summed E-state index contributed by atoms with van der Waals surface area (Å²) in [6, 6.07) is 6.67. The second-order valence-corrected chi connectivity index (χ2v) is 11.8. The van der Waals surface area contributed by atoms with E-state index in [9.17, 15) is 9.90 Å². The monoisotopic (exact) mass is 530 g/mol. The van der Waals surface area contributed by atoms with Crippen LogP contribution < -0.4 is 0 Å². The van der Waals surface area contributed by atoms with Gasteiger partial charge >= 0.3 is 0 Å². The van der Waals surface area contributed by atoms with Gasteiger partial charge < -0.3 is 9.84 Å². The fourth-order valence-electron chi connectivity index (χ4n) is 5.64. The Morgan fingerprint density at radius 3 is 1.53 bits per heavy atom. The molecule has 0 spiro atoms. The Kier molecular flexibility index (Phi) is 22.5. The van der Waals surface area contributed by atoms with E-state index in [-0.39, 0.29) is 11.5 Å². The van der Waals surface area contributed by atoms with E-state index in [1.807, 2.05) is 7.11 Å². The van der Waals surface area contributed by atoms with E-state index < -0.39 is 0 Å². The summed E-state index contributed by atoms with van der Waals surface area (Å²) in [6.45, 7) is 4.45. The van der Waals surface area contributed by atoms with Crippen LogP contribution in [0, 0.1) is 5.92 Å². The first kappa shape index (κ1) is 34.7. The number of phenols is 1. The van der Waals surface area contributed by atoms with Gasteiger partial charge in [0.15, 0.2) is 5.78 Å². The van der Waals surface area contributed by atoms with Crippen LogP contribution in [0.3, 0.4) is 0 Å². The van der Waals surface area contributed by atoms with Crippen molar-refractivity contribution >= 4 is 5.78 Å². The maximum Gasteiger partial charge on any atom is 0.162 e. The second-order valence-electron chi connectivity index (χ2n) is 11.8. The number of carbonyl (C=O) groups excluding carboxylic acids is 1. The number of hydrogen-bond acceptors (Lipinski definition) is 3. The van der Waals surface area contributed by atoms with Crippen LogP contribution in [0.2, 0.25) is 0 Å². The van der Waals surface area contributed by atoms with Gasteiger partial charge in [0.2, 0.25) is 0 Å². The molecule has 0 saturated carbocycles. The topological polar surface area (TPSA) is 46.5 Å². The molecular weight excluding hydrogens is 468 g/mol. The SMILES string of the molecule is CCC[C@H](CCCCCCCCCCCCCCCCCC[C@H](C)OC)CCCC(=O)c1ccc(O)cc1. The highest BCUT2D eigenvalue weighted by Crippen LogP contribution is 2.23. The number of methoxy groups -OCH3 is 1. The zero-order valence-electron chi connectivity index (χ0n) is 25.5. The molecule has 0 aliphatic heterocycles. The van der Waals surface area contributed by atoms with Crippen LogP contribution in [0.25, 0.3) is 0 Å². The molecule has 0 aromatic heterocycles. The van der Waals surface area contributed by atoms with E-state index >= 15 is 0 Å². The second kappa shape index (κ2) is 24.7. The average molecular weight is 531 g/mol. The van der Waals surface area contributed by atoms with Crippen LogP contribution >= 0.6 is 0 Å². The van der Waals surface area contributed by atoms with Crippen molar-refractivity contribution in [2.24, 2.45) is 5.92 Å². The van der Waals surface area contributed by atoms with Crippen LogP contribution in [-0.4, -0.2) is 24.1 Å². The minimum atomic E-state index is 0.204. The molecule has 0 fully saturated rings. The molecule has 0 heterocycles. The minimum Gasteiger partial charge on any atom is -0.508 e. The van der Waals surface area contributed by atoms with Crippen molar-refractivity contribution in [3.63, 3.8) is 0 Å². The largest absolute Gasteiger partial charge is 0.508 e. The zero-order chi connectivity index (χ0) is 27.7. The molecule has 0 radical (unpaired) electrons. The van der Waals surface area contributed by atoms with Crippen molar-refractivity contribution in [3.8, 4) is 5.75 Å². The van der Waals surface area contributed by atoms with Gasteiger partial charge in [-0.2, -0.15) is 0 Å². The Bertz CT molecular complexity index is 654. The molecule has 1 rings (SSSR count). The third-order valence-electron chi connectivity index (χ3n) is 8.28. The summed E-state index contributed by atoms with van der Waals surface area (Å²) in [5.41, 5.74) is 0.722. The normalized spacial score (nSPS) is 13.0. The van der Waals surface area contributed by atoms with E-state index in [2.05, 4.69) is 13.8 Å². The third-order valence-corrected chi connectivity index (χ3v) is 8.28. The Morgan fingerprint density at radius 1 is 0.658 bits per heavy atom. The van der Waals surface area contributed by atoms with E-state index in [0.29, 0.717) is 12.5 Å². The van der Waals surface area contributed by atoms with E-state index in [1.54, 1.807) is 24.3 Å². The molecule has 220 valence electrons. The van der Waals surface area contributed by atoms with Crippen LogP contribution in [0.5, 0.6) is 5.75 Å². The predicted molar refractivity (Wildman–Crippen MR) is 164 cm³/mol. The molecule has 38 heavy (non-hydrogen) atoms. The number of ketones is 1. The molecule has 1 aromatic carbocycles. The van der Waals surface area contributed by atoms with Crippen LogP contribution in [-0.2, 0) is 4.74 Å². The highest BCUT2D eigenvalue weighted by Gasteiger charge is 2.11. The number of aromatic hydroxyl groups is 1. The Balaban J connectivity index is 1.88. The first-order valence-electron chi connectivity index (χ1n) is 16.4. The number of hydrogen-bond donors (Lipinski definition) is 1. The smallest absolute Gasteiger partial charge is 0.162 e. The van der Waals surface area contributed by atoms with Crippen LogP contribution in [0.15, 0.2) is 24.3 Å². The summed E-state index contributed by atoms with van der Waals surface area (Å²) >= 11 is 0. The van der Waals surface area contributed by atoms with Crippen molar-refractivity contribution in [1.82, 2.24) is 0 Å². The zero-order valence-corrected chi connectivity index (χ0v) is 25.5. The lowest BCUT2D eigenvalue weighted by molar-refractivity contribution is 0.0977. The summed E-state index contributed by atoms with van der Waals surface area (Å²) < 4.78 is 5.31. The van der Waals surface area contributed by atoms with Gasteiger partial charge in [-0.15, -0.1) is 0 Å². The van der Waals surface area contributed by atoms with Gasteiger partial charge in [-0.3, -0.25) is 4.79 Å². The standard InChI is InChI=1S/C35H62O3/c1-4-22-32(25-21-26-35(37)33-27-29-34(36)30-28-33)24-20-18-16-14-12-10-8-6-5-7-9-11-13-15-17-19-23-31(2)38-3/h27-32,36H,4-26H2,1-3H3/t31-,32+/m0/s1. The molecule has 0 aliphatic rings. The molecule has 1 N–H and O–H groups in total. The lowest BCUT2D eigenvalue weighted by Gasteiger charge is -2.16. The maximum atomic E-state index is 12.4. The third kappa shape index (κ3) is 19.7. The first-order valence-corrected chi connectivity index (χ1v) is 16.4. The van der Waals surface area contributed by atoms with Gasteiger partial charge in [0.05, 0.1) is 6.10 Å². The van der Waals surface area contributed by atoms with Gasteiger partial charge in [0.1, 0.15) is 5.75 Å². The summed E-state index contributed by atoms with van der Waals surface area (Å²) in [6.07, 6.45) is 30.8. The van der Waals surface area contributed by atoms with Crippen LogP contribution in [0.4, 0.5) is 0 Å². The van der Waals surface area contributed by atoms with E-state index in [4.69, 9.17) is 4.74 Å². The highest BCUT2D eigenvalue weighted by molar-refractivity contribution is 5.96. The predicted octanol–water partition coefficient (Wildman–Crippen LogP) is 11.2. The Hall–Kier alpha value is -1.35. The summed E-state index contributed by atoms with van der Waals surface area (Å²) in [5.74, 6) is 1.20. The molecule has 3 nitrogen and oxygen atoms in total. The molecule has 1 aromatic rings. The van der Waals surface area contributed by atoms with Crippen molar-refractivity contribution in [1.29, 1.82) is 0 Å². The highest BCUT2D eigenvalue weighted by atomic mass is 16.5. The number of carbonyl (C=O) groups is 1. The molecule has 2 atom stereocenters. The van der Waals surface area contributed by atoms with Gasteiger partial charge in [0, 0.05) is 19.1 Å². The Labute approximate surface area is 236 Å². The fourth-order valence-corrected chi connectivity index (χ4v) is 5.64. The summed E-state index contributed by atoms with van der Waals surface area (Å²) in [7, 11) is 1.81. The van der Waals surface area contributed by atoms with Crippen molar-refractivity contribution < 1.29 is 14.6 Å². The van der Waals surface area contributed by atoms with Gasteiger partial charge in [-0.25, -0.2) is 0 Å². The van der Waals surface area contributed by atoms with Crippen molar-refractivity contribution in [2.75, 3.05) is 7.11 Å². The average Bonchev–Trinajstić information content (AvgIpc) is 2.92. The molecular formula is C35H62O3. The Morgan fingerprint density at radius 2 is 1.08 bits per heavy atom. The maximum absolute atomic E-state index is 12.4. The summed E-state index contributed by atoms with van der Waals surface area (Å²) in [5, 5.41) is 9.39. The molecule has 0 amide bonds. The van der Waals surface area contributed by atoms with Gasteiger partial charge in [0.25, 0.3) is 0 Å². The lowest BCUT2D eigenvalue weighted by atomic mass is 9.90. The number of benzene rings is 1. The van der Waals surface area contributed by atoms with Gasteiger partial charge in [-0.05, 0) is 49.9 Å². The number of rotatable bonds is 27. The van der Waals surface area contributed by atoms with Crippen molar-refractivity contribution in [2.45, 2.75) is 168 Å². The number of unbranched alkanes of at least 4 members (excludes halogenated alkanes) is 15. The quantitative estimate of drug-likeness (QED) is 0.0908. The lowest BCUT2D eigenvalue weighted by Crippen LogP contribution is -2.04. The van der Waals surface area contributed by atoms with E-state index in [1.165, 1.54) is 135 Å². The summed E-state index contributed by atoms with van der Waals surface area (Å²) in [4.78, 5) is 12.4. The molecule has 0 bridgehead atoms. The number of phenolic OH excluding ortho intramolecular Hbond substituents is 1. The molecule has 3 heteroatoms. The molecule has 0 aliphatic carbocycles. The fraction of sp³-hybridized carbons (Fsp3) is 0.800. The van der Waals surface area contributed by atoms with Crippen molar-refractivity contribution in [3.05, 3.63) is 29.8 Å². The molecule has 0 saturated heterocycles. The molecule has 0 unspecified atom stereocenters. The minimum absolute atomic E-state index is 0.204.